The number of hydrogen-bond donors (Lipinski definition) is 1. The summed E-state index contributed by atoms with van der Waals surface area (Å²) in [7, 11) is -4.07. The van der Waals surface area contributed by atoms with Crippen LogP contribution in [0.4, 0.5) is 0 Å². The fraction of sp³-hybridized carbons (Fsp3) is 0.259. The van der Waals surface area contributed by atoms with Crippen LogP contribution in [0.25, 0.3) is 11.1 Å². The van der Waals surface area contributed by atoms with Crippen molar-refractivity contribution in [2.24, 2.45) is 0 Å². The number of aryl methyl sites for hydroxylation is 1. The summed E-state index contributed by atoms with van der Waals surface area (Å²) in [5.41, 5.74) is 3.42. The summed E-state index contributed by atoms with van der Waals surface area (Å²) in [5, 5.41) is 18.5. The van der Waals surface area contributed by atoms with Crippen LogP contribution >= 0.6 is 0 Å². The molecule has 0 unspecified atom stereocenters. The molecule has 3 aromatic rings. The van der Waals surface area contributed by atoms with Gasteiger partial charge >= 0.3 is 5.97 Å². The van der Waals surface area contributed by atoms with E-state index in [1.807, 2.05) is 32.0 Å². The molecule has 0 bridgehead atoms. The Bertz CT molecular complexity index is 1410. The minimum Gasteiger partial charge on any atom is -0.488 e. The monoisotopic (exact) mass is 490 g/mol. The van der Waals surface area contributed by atoms with Gasteiger partial charge < -0.3 is 9.84 Å². The molecule has 1 N–H and O–H groups in total. The first-order valence-electron chi connectivity index (χ1n) is 11.2. The van der Waals surface area contributed by atoms with E-state index in [1.165, 1.54) is 6.07 Å². The summed E-state index contributed by atoms with van der Waals surface area (Å²) in [6, 6.07) is 21.2. The van der Waals surface area contributed by atoms with Gasteiger partial charge in [0.2, 0.25) is 10.0 Å². The van der Waals surface area contributed by atoms with Crippen molar-refractivity contribution >= 4 is 16.0 Å². The number of aliphatic carboxylic acids is 1. The maximum absolute atomic E-state index is 13.4. The first kappa shape index (κ1) is 24.5. The van der Waals surface area contributed by atoms with Gasteiger partial charge in [0.05, 0.1) is 16.5 Å². The topological polar surface area (TPSA) is 108 Å². The summed E-state index contributed by atoms with van der Waals surface area (Å²) >= 11 is 0. The first-order chi connectivity index (χ1) is 16.6. The van der Waals surface area contributed by atoms with Gasteiger partial charge in [-0.3, -0.25) is 4.79 Å². The molecule has 0 aliphatic carbocycles. The Labute approximate surface area is 205 Å². The lowest BCUT2D eigenvalue weighted by molar-refractivity contribution is -0.137. The quantitative estimate of drug-likeness (QED) is 0.518. The number of carbonyl (C=O) groups is 1. The van der Waals surface area contributed by atoms with Crippen molar-refractivity contribution in [1.29, 1.82) is 5.26 Å². The van der Waals surface area contributed by atoms with Crippen LogP contribution in [0.15, 0.2) is 71.6 Å². The molecule has 180 valence electrons. The third-order valence-corrected chi connectivity index (χ3v) is 7.79. The number of sulfonamides is 1. The van der Waals surface area contributed by atoms with Gasteiger partial charge in [0.1, 0.15) is 17.9 Å². The molecule has 0 fully saturated rings. The van der Waals surface area contributed by atoms with Gasteiger partial charge in [0, 0.05) is 6.54 Å². The highest BCUT2D eigenvalue weighted by Gasteiger charge is 2.31. The van der Waals surface area contributed by atoms with Crippen molar-refractivity contribution < 1.29 is 23.1 Å². The molecule has 3 aromatic carbocycles. The van der Waals surface area contributed by atoms with Gasteiger partial charge in [0.25, 0.3) is 0 Å². The summed E-state index contributed by atoms with van der Waals surface area (Å²) in [5.74, 6) is -0.581. The van der Waals surface area contributed by atoms with Crippen LogP contribution in [-0.4, -0.2) is 35.9 Å². The molecule has 0 saturated carbocycles. The average Bonchev–Trinajstić information content (AvgIpc) is 2.83. The average molecular weight is 491 g/mol. The zero-order valence-electron chi connectivity index (χ0n) is 19.6. The molecule has 1 heterocycles. The molecule has 4 rings (SSSR count). The Hall–Kier alpha value is -3.67. The minimum absolute atomic E-state index is 0.0470. The van der Waals surface area contributed by atoms with Crippen LogP contribution in [0.2, 0.25) is 0 Å². The minimum atomic E-state index is -4.07. The fourth-order valence-electron chi connectivity index (χ4n) is 4.10. The molecule has 7 nitrogen and oxygen atoms in total. The predicted octanol–water partition coefficient (Wildman–Crippen LogP) is 4.60. The predicted molar refractivity (Wildman–Crippen MR) is 131 cm³/mol. The van der Waals surface area contributed by atoms with E-state index in [1.54, 1.807) is 42.5 Å². The molecule has 0 radical (unpaired) electrons. The number of benzene rings is 3. The number of nitriles is 1. The Kier molecular flexibility index (Phi) is 6.66. The van der Waals surface area contributed by atoms with Gasteiger partial charge in [0.15, 0.2) is 0 Å². The molecule has 0 aromatic heterocycles. The molecular formula is C27H26N2O5S. The van der Waals surface area contributed by atoms with Crippen molar-refractivity contribution in [2.45, 2.75) is 43.7 Å². The maximum Gasteiger partial charge on any atom is 0.318 e. The zero-order valence-corrected chi connectivity index (χ0v) is 20.4. The molecule has 0 saturated heterocycles. The highest BCUT2D eigenvalue weighted by Crippen LogP contribution is 2.35. The van der Waals surface area contributed by atoms with Crippen LogP contribution in [0, 0.1) is 11.3 Å². The number of hydrogen-bond acceptors (Lipinski definition) is 5. The van der Waals surface area contributed by atoms with Gasteiger partial charge in [-0.2, -0.15) is 9.57 Å². The van der Waals surface area contributed by atoms with E-state index in [9.17, 15) is 18.3 Å². The first-order valence-corrected chi connectivity index (χ1v) is 12.6. The molecule has 0 amide bonds. The molecule has 8 heteroatoms. The van der Waals surface area contributed by atoms with Crippen LogP contribution in [0.5, 0.6) is 5.75 Å². The normalized spacial score (nSPS) is 14.6. The molecular weight excluding hydrogens is 464 g/mol. The highest BCUT2D eigenvalue weighted by molar-refractivity contribution is 7.89. The Morgan fingerprint density at radius 2 is 1.83 bits per heavy atom. The summed E-state index contributed by atoms with van der Waals surface area (Å²) in [4.78, 5) is 11.6. The fourth-order valence-corrected chi connectivity index (χ4v) is 5.52. The van der Waals surface area contributed by atoms with E-state index < -0.39 is 22.5 Å². The van der Waals surface area contributed by atoms with E-state index >= 15 is 0 Å². The van der Waals surface area contributed by atoms with E-state index in [0.29, 0.717) is 23.3 Å². The standard InChI is InChI=1S/C27H26N2O5S/c1-27(2)13-12-23-15-24(10-11-25(23)34-27)35(32,33)29(18-26(30)31)17-19-6-8-21(9-7-19)22-5-3-4-20(14-22)16-28/h3-11,14-15H,12-13,17-18H2,1-2H3,(H,30,31). The Balaban J connectivity index is 1.60. The van der Waals surface area contributed by atoms with Crippen molar-refractivity contribution in [3.63, 3.8) is 0 Å². The van der Waals surface area contributed by atoms with Gasteiger partial charge in [-0.15, -0.1) is 0 Å². The molecule has 0 atom stereocenters. The Morgan fingerprint density at radius 3 is 2.51 bits per heavy atom. The molecule has 1 aliphatic heterocycles. The van der Waals surface area contributed by atoms with E-state index in [0.717, 1.165) is 27.4 Å². The van der Waals surface area contributed by atoms with Crippen molar-refractivity contribution in [3.8, 4) is 22.9 Å². The molecule has 0 spiro atoms. The number of nitrogens with zero attached hydrogens (tertiary/aromatic N) is 2. The zero-order chi connectivity index (χ0) is 25.2. The largest absolute Gasteiger partial charge is 0.488 e. The summed E-state index contributed by atoms with van der Waals surface area (Å²) in [6.07, 6.45) is 1.44. The second-order valence-corrected chi connectivity index (χ2v) is 11.1. The van der Waals surface area contributed by atoms with E-state index in [4.69, 9.17) is 10.00 Å². The van der Waals surface area contributed by atoms with Crippen molar-refractivity contribution in [1.82, 2.24) is 4.31 Å². The Morgan fingerprint density at radius 1 is 1.09 bits per heavy atom. The number of carboxylic acid groups (broad SMARTS) is 1. The second-order valence-electron chi connectivity index (χ2n) is 9.19. The lowest BCUT2D eigenvalue weighted by atomic mass is 9.94. The van der Waals surface area contributed by atoms with Crippen LogP contribution in [0.1, 0.15) is 37.0 Å². The lowest BCUT2D eigenvalue weighted by Gasteiger charge is -2.33. The number of rotatable bonds is 7. The van der Waals surface area contributed by atoms with Gasteiger partial charge in [-0.25, -0.2) is 8.42 Å². The van der Waals surface area contributed by atoms with Crippen LogP contribution in [0.3, 0.4) is 0 Å². The SMILES string of the molecule is CC1(C)CCc2cc(S(=O)(=O)N(CC(=O)O)Cc3ccc(-c4cccc(C#N)c4)cc3)ccc2O1. The maximum atomic E-state index is 13.4. The van der Waals surface area contributed by atoms with E-state index in [2.05, 4.69) is 6.07 Å². The summed E-state index contributed by atoms with van der Waals surface area (Å²) in [6.45, 7) is 3.23. The van der Waals surface area contributed by atoms with Crippen LogP contribution in [-0.2, 0) is 27.8 Å². The van der Waals surface area contributed by atoms with E-state index in [-0.39, 0.29) is 17.0 Å². The number of carboxylic acids is 1. The van der Waals surface area contributed by atoms with Crippen molar-refractivity contribution in [3.05, 3.63) is 83.4 Å². The van der Waals surface area contributed by atoms with Gasteiger partial charge in [-0.05, 0) is 79.3 Å². The second kappa shape index (κ2) is 9.53. The smallest absolute Gasteiger partial charge is 0.318 e. The van der Waals surface area contributed by atoms with Crippen molar-refractivity contribution in [2.75, 3.05) is 6.54 Å². The van der Waals surface area contributed by atoms with Gasteiger partial charge in [-0.1, -0.05) is 36.4 Å². The summed E-state index contributed by atoms with van der Waals surface area (Å²) < 4.78 is 33.8. The molecule has 35 heavy (non-hydrogen) atoms. The third-order valence-electron chi connectivity index (χ3n) is 6.00. The highest BCUT2D eigenvalue weighted by atomic mass is 32.2. The third kappa shape index (κ3) is 5.53. The molecule has 1 aliphatic rings. The number of fused-ring (bicyclic) bond motifs is 1. The number of ether oxygens (including phenoxy) is 1. The lowest BCUT2D eigenvalue weighted by Crippen LogP contribution is -2.36. The van der Waals surface area contributed by atoms with Crippen LogP contribution < -0.4 is 4.74 Å².